The van der Waals surface area contributed by atoms with Crippen molar-refractivity contribution in [3.8, 4) is 0 Å². The van der Waals surface area contributed by atoms with Crippen molar-refractivity contribution in [3.63, 3.8) is 0 Å². The second kappa shape index (κ2) is 11.9. The summed E-state index contributed by atoms with van der Waals surface area (Å²) in [6, 6.07) is 16.1. The van der Waals surface area contributed by atoms with Crippen LogP contribution in [0.3, 0.4) is 0 Å². The molecule has 7 nitrogen and oxygen atoms in total. The van der Waals surface area contributed by atoms with Crippen molar-refractivity contribution in [1.29, 1.82) is 0 Å². The summed E-state index contributed by atoms with van der Waals surface area (Å²) >= 11 is 1.09. The maximum absolute atomic E-state index is 12.9. The van der Waals surface area contributed by atoms with E-state index >= 15 is 0 Å². The third kappa shape index (κ3) is 7.40. The highest BCUT2D eigenvalue weighted by Crippen LogP contribution is 2.24. The van der Waals surface area contributed by atoms with E-state index in [1.807, 2.05) is 50.2 Å². The van der Waals surface area contributed by atoms with Crippen LogP contribution in [0.25, 0.3) is 0 Å². The fourth-order valence-electron chi connectivity index (χ4n) is 3.05. The molecule has 0 aliphatic carbocycles. The van der Waals surface area contributed by atoms with Gasteiger partial charge in [-0.1, -0.05) is 42.0 Å². The molecule has 9 heteroatoms. The van der Waals surface area contributed by atoms with Crippen LogP contribution in [-0.4, -0.2) is 34.1 Å². The summed E-state index contributed by atoms with van der Waals surface area (Å²) in [7, 11) is -3.89. The number of sulfonamides is 1. The molecule has 1 aromatic heterocycles. The van der Waals surface area contributed by atoms with Gasteiger partial charge in [0, 0.05) is 18.8 Å². The van der Waals surface area contributed by atoms with E-state index in [4.69, 9.17) is 9.47 Å². The first kappa shape index (κ1) is 24.9. The van der Waals surface area contributed by atoms with Crippen LogP contribution in [0, 0.1) is 6.92 Å². The van der Waals surface area contributed by atoms with E-state index in [1.54, 1.807) is 17.5 Å². The highest BCUT2D eigenvalue weighted by atomic mass is 32.2. The van der Waals surface area contributed by atoms with Crippen molar-refractivity contribution in [2.45, 2.75) is 31.9 Å². The van der Waals surface area contributed by atoms with Gasteiger partial charge in [0.05, 0.1) is 19.8 Å². The van der Waals surface area contributed by atoms with Gasteiger partial charge in [-0.2, -0.15) is 0 Å². The quantitative estimate of drug-likeness (QED) is 0.370. The first-order chi connectivity index (χ1) is 15.9. The summed E-state index contributed by atoms with van der Waals surface area (Å²) in [5.41, 5.74) is 3.35. The number of amides is 1. The average Bonchev–Trinajstić information content (AvgIpc) is 3.30. The molecule has 0 aliphatic rings. The minimum absolute atomic E-state index is 0.0398. The Hall–Kier alpha value is -2.72. The molecule has 0 spiro atoms. The Balaban J connectivity index is 1.60. The number of carbonyl (C=O) groups excluding carboxylic acids is 1. The minimum Gasteiger partial charge on any atom is -0.379 e. The zero-order valence-corrected chi connectivity index (χ0v) is 20.3. The highest BCUT2D eigenvalue weighted by molar-refractivity contribution is 7.93. The lowest BCUT2D eigenvalue weighted by molar-refractivity contribution is 0.0453. The van der Waals surface area contributed by atoms with E-state index < -0.39 is 15.9 Å². The lowest BCUT2D eigenvalue weighted by atomic mass is 10.1. The molecule has 176 valence electrons. The number of thiophene rings is 1. The first-order valence-corrected chi connectivity index (χ1v) is 12.9. The van der Waals surface area contributed by atoms with E-state index in [0.717, 1.165) is 28.0 Å². The molecule has 2 aromatic carbocycles. The number of hydrogen-bond donors (Lipinski definition) is 2. The van der Waals surface area contributed by atoms with E-state index in [0.29, 0.717) is 32.1 Å². The Morgan fingerprint density at radius 1 is 1.00 bits per heavy atom. The van der Waals surface area contributed by atoms with Gasteiger partial charge in [0.1, 0.15) is 9.77 Å². The molecule has 0 aliphatic heterocycles. The van der Waals surface area contributed by atoms with Crippen LogP contribution in [0.5, 0.6) is 0 Å². The van der Waals surface area contributed by atoms with Crippen LogP contribution in [0.4, 0.5) is 5.69 Å². The number of carbonyl (C=O) groups is 1. The third-order valence-electron chi connectivity index (χ3n) is 4.72. The number of anilines is 1. The molecular weight excluding hydrogens is 460 g/mol. The average molecular weight is 489 g/mol. The SMILES string of the molecule is CCOCCOCc1cccc(CNC(=O)c2sccc2S(=O)(=O)Nc2ccc(C)cc2)c1. The summed E-state index contributed by atoms with van der Waals surface area (Å²) in [6.45, 7) is 6.31. The number of aryl methyl sites for hydroxylation is 1. The van der Waals surface area contributed by atoms with E-state index in [2.05, 4.69) is 10.0 Å². The van der Waals surface area contributed by atoms with E-state index in [9.17, 15) is 13.2 Å². The zero-order valence-electron chi connectivity index (χ0n) is 18.7. The molecule has 0 fully saturated rings. The Bertz CT molecular complexity index is 1160. The van der Waals surface area contributed by atoms with Gasteiger partial charge >= 0.3 is 0 Å². The van der Waals surface area contributed by atoms with Gasteiger partial charge in [0.25, 0.3) is 15.9 Å². The predicted molar refractivity (Wildman–Crippen MR) is 130 cm³/mol. The van der Waals surface area contributed by atoms with Crippen molar-refractivity contribution in [2.24, 2.45) is 0 Å². The minimum atomic E-state index is -3.89. The molecular formula is C24H28N2O5S2. The van der Waals surface area contributed by atoms with Crippen molar-refractivity contribution < 1.29 is 22.7 Å². The molecule has 3 rings (SSSR count). The molecule has 33 heavy (non-hydrogen) atoms. The van der Waals surface area contributed by atoms with E-state index in [1.165, 1.54) is 6.07 Å². The second-order valence-electron chi connectivity index (χ2n) is 7.34. The number of ether oxygens (including phenoxy) is 2. The van der Waals surface area contributed by atoms with Crippen LogP contribution in [0.1, 0.15) is 33.3 Å². The molecule has 0 saturated heterocycles. The van der Waals surface area contributed by atoms with Gasteiger partial charge in [-0.05, 0) is 48.6 Å². The van der Waals surface area contributed by atoms with Gasteiger partial charge in [0.2, 0.25) is 0 Å². The van der Waals surface area contributed by atoms with Crippen molar-refractivity contribution in [1.82, 2.24) is 5.32 Å². The molecule has 1 amide bonds. The van der Waals surface area contributed by atoms with Gasteiger partial charge < -0.3 is 14.8 Å². The smallest absolute Gasteiger partial charge is 0.263 e. The Kier molecular flexibility index (Phi) is 9.02. The van der Waals surface area contributed by atoms with Gasteiger partial charge in [-0.15, -0.1) is 11.3 Å². The van der Waals surface area contributed by atoms with E-state index in [-0.39, 0.29) is 16.3 Å². The van der Waals surface area contributed by atoms with Crippen LogP contribution in [-0.2, 0) is 32.6 Å². The number of nitrogens with one attached hydrogen (secondary N) is 2. The normalized spacial score (nSPS) is 11.3. The van der Waals surface area contributed by atoms with Gasteiger partial charge in [-0.3, -0.25) is 9.52 Å². The van der Waals surface area contributed by atoms with Crippen LogP contribution in [0.2, 0.25) is 0 Å². The van der Waals surface area contributed by atoms with Crippen LogP contribution >= 0.6 is 11.3 Å². The lowest BCUT2D eigenvalue weighted by Gasteiger charge is -2.10. The highest BCUT2D eigenvalue weighted by Gasteiger charge is 2.24. The number of rotatable bonds is 12. The molecule has 0 saturated carbocycles. The molecule has 1 heterocycles. The summed E-state index contributed by atoms with van der Waals surface area (Å²) < 4.78 is 39.1. The third-order valence-corrected chi connectivity index (χ3v) is 7.18. The summed E-state index contributed by atoms with van der Waals surface area (Å²) in [5, 5.41) is 4.41. The maximum atomic E-state index is 12.9. The van der Waals surface area contributed by atoms with Crippen molar-refractivity contribution in [2.75, 3.05) is 24.5 Å². The molecule has 0 unspecified atom stereocenters. The molecule has 0 atom stereocenters. The second-order valence-corrected chi connectivity index (χ2v) is 9.90. The van der Waals surface area contributed by atoms with Crippen molar-refractivity contribution >= 4 is 33.0 Å². The first-order valence-electron chi connectivity index (χ1n) is 10.6. The summed E-state index contributed by atoms with van der Waals surface area (Å²) in [6.07, 6.45) is 0. The lowest BCUT2D eigenvalue weighted by Crippen LogP contribution is -2.24. The fourth-order valence-corrected chi connectivity index (χ4v) is 5.45. The monoisotopic (exact) mass is 488 g/mol. The largest absolute Gasteiger partial charge is 0.379 e. The number of hydrogen-bond acceptors (Lipinski definition) is 6. The maximum Gasteiger partial charge on any atom is 0.263 e. The molecule has 0 radical (unpaired) electrons. The topological polar surface area (TPSA) is 93.7 Å². The summed E-state index contributed by atoms with van der Waals surface area (Å²) in [4.78, 5) is 12.9. The summed E-state index contributed by atoms with van der Waals surface area (Å²) in [5.74, 6) is -0.437. The van der Waals surface area contributed by atoms with Crippen molar-refractivity contribution in [3.05, 3.63) is 81.5 Å². The van der Waals surface area contributed by atoms with Crippen LogP contribution in [0.15, 0.2) is 64.9 Å². The zero-order chi connectivity index (χ0) is 23.7. The molecule has 2 N–H and O–H groups in total. The fraction of sp³-hybridized carbons (Fsp3) is 0.292. The Morgan fingerprint density at radius 3 is 2.48 bits per heavy atom. The molecule has 0 bridgehead atoms. The Morgan fingerprint density at radius 2 is 1.73 bits per heavy atom. The van der Waals surface area contributed by atoms with Gasteiger partial charge in [0.15, 0.2) is 0 Å². The predicted octanol–water partition coefficient (Wildman–Crippen LogP) is 4.34. The van der Waals surface area contributed by atoms with Gasteiger partial charge in [-0.25, -0.2) is 8.42 Å². The number of benzene rings is 2. The Labute approximate surface area is 198 Å². The molecule has 3 aromatic rings. The van der Waals surface area contributed by atoms with Crippen LogP contribution < -0.4 is 10.0 Å². The standard InChI is InChI=1S/C24H28N2O5S2/c1-3-30-12-13-31-17-20-6-4-5-19(15-20)16-25-24(27)23-22(11-14-32-23)33(28,29)26-21-9-7-18(2)8-10-21/h4-11,14-15,26H,3,12-13,16-17H2,1-2H3,(H,25,27).